The lowest BCUT2D eigenvalue weighted by atomic mass is 10.0. The summed E-state index contributed by atoms with van der Waals surface area (Å²) in [6.45, 7) is 13.4. The van der Waals surface area contributed by atoms with Crippen molar-refractivity contribution < 1.29 is 21.6 Å². The Morgan fingerprint density at radius 2 is 2.00 bits per heavy atom. The van der Waals surface area contributed by atoms with E-state index in [0.29, 0.717) is 37.5 Å². The van der Waals surface area contributed by atoms with E-state index >= 15 is 0 Å². The summed E-state index contributed by atoms with van der Waals surface area (Å²) in [5.74, 6) is 0.601. The van der Waals surface area contributed by atoms with Crippen molar-refractivity contribution in [1.82, 2.24) is 10.0 Å². The first-order chi connectivity index (χ1) is 14.3. The first-order valence-electron chi connectivity index (χ1n) is 11.1. The number of hydrogen-bond acceptors (Lipinski definition) is 7. The zero-order chi connectivity index (χ0) is 23.4. The van der Waals surface area contributed by atoms with E-state index < -0.39 is 30.7 Å². The van der Waals surface area contributed by atoms with Crippen molar-refractivity contribution in [1.29, 1.82) is 0 Å². The lowest BCUT2D eigenvalue weighted by Crippen LogP contribution is -2.33. The number of sulfone groups is 1. The molecule has 1 aromatic rings. The van der Waals surface area contributed by atoms with Gasteiger partial charge >= 0.3 is 0 Å². The van der Waals surface area contributed by atoms with Gasteiger partial charge in [-0.05, 0) is 58.6 Å². The highest BCUT2D eigenvalue weighted by atomic mass is 32.3. The van der Waals surface area contributed by atoms with Crippen molar-refractivity contribution in [2.45, 2.75) is 92.5 Å². The van der Waals surface area contributed by atoms with E-state index in [9.17, 15) is 16.8 Å². The second-order valence-electron chi connectivity index (χ2n) is 9.07. The van der Waals surface area contributed by atoms with Crippen molar-refractivity contribution in [3.8, 4) is 0 Å². The summed E-state index contributed by atoms with van der Waals surface area (Å²) in [6.07, 6.45) is 3.05. The second-order valence-corrected chi connectivity index (χ2v) is 14.7. The molecule has 3 unspecified atom stereocenters. The number of thiophene rings is 1. The van der Waals surface area contributed by atoms with E-state index in [1.165, 1.54) is 6.07 Å². The van der Waals surface area contributed by atoms with Crippen molar-refractivity contribution in [3.63, 3.8) is 0 Å². The summed E-state index contributed by atoms with van der Waals surface area (Å²) in [5.41, 5.74) is 0.124. The minimum Gasteiger partial charge on any atom is -0.376 e. The molecular weight excluding hydrogens is 456 g/mol. The zero-order valence-corrected chi connectivity index (χ0v) is 22.0. The Hall–Kier alpha value is -0.520. The van der Waals surface area contributed by atoms with Crippen LogP contribution in [0.3, 0.4) is 0 Å². The fourth-order valence-corrected chi connectivity index (χ4v) is 8.62. The second kappa shape index (κ2) is 10.6. The van der Waals surface area contributed by atoms with Gasteiger partial charge < -0.3 is 10.1 Å². The van der Waals surface area contributed by atoms with Gasteiger partial charge in [0.1, 0.15) is 8.42 Å². The van der Waals surface area contributed by atoms with Crippen LogP contribution in [0, 0.1) is 5.92 Å². The summed E-state index contributed by atoms with van der Waals surface area (Å²) >= 11 is 0.850. The third kappa shape index (κ3) is 6.74. The van der Waals surface area contributed by atoms with Crippen LogP contribution in [-0.4, -0.2) is 47.4 Å². The molecule has 1 aromatic heterocycles. The monoisotopic (exact) mass is 494 g/mol. The van der Waals surface area contributed by atoms with E-state index in [1.807, 2.05) is 20.8 Å². The van der Waals surface area contributed by atoms with Crippen LogP contribution in [0.25, 0.3) is 0 Å². The van der Waals surface area contributed by atoms with Crippen LogP contribution in [-0.2, 0) is 24.6 Å². The van der Waals surface area contributed by atoms with Crippen LogP contribution in [0.1, 0.15) is 78.8 Å². The Morgan fingerprint density at radius 3 is 2.61 bits per heavy atom. The molecule has 0 radical (unpaired) electrons. The Bertz CT molecular complexity index is 938. The van der Waals surface area contributed by atoms with E-state index in [1.54, 1.807) is 6.92 Å². The van der Waals surface area contributed by atoms with Gasteiger partial charge in [0.25, 0.3) is 0 Å². The summed E-state index contributed by atoms with van der Waals surface area (Å²) < 4.78 is 60.1. The smallest absolute Gasteiger partial charge is 0.250 e. The molecule has 2 N–H and O–H groups in total. The number of fused-ring (bicyclic) bond motifs is 1. The first kappa shape index (κ1) is 26.7. The first-order valence-corrected chi connectivity index (χ1v) is 14.9. The fraction of sp³-hybridized carbons (Fsp3) is 0.810. The molecule has 10 heteroatoms. The van der Waals surface area contributed by atoms with E-state index in [0.717, 1.165) is 24.2 Å². The van der Waals surface area contributed by atoms with Gasteiger partial charge in [0.2, 0.25) is 10.0 Å². The highest BCUT2D eigenvalue weighted by Crippen LogP contribution is 2.42. The highest BCUT2D eigenvalue weighted by Gasteiger charge is 2.39. The maximum absolute atomic E-state index is 12.9. The molecule has 0 fully saturated rings. The Labute approximate surface area is 192 Å². The molecule has 0 aliphatic carbocycles. The average molecular weight is 495 g/mol. The molecule has 2 rings (SSSR count). The molecule has 0 saturated carbocycles. The minimum atomic E-state index is -3.80. The third-order valence-corrected chi connectivity index (χ3v) is 11.8. The summed E-state index contributed by atoms with van der Waals surface area (Å²) in [4.78, 5) is 0. The Kier molecular flexibility index (Phi) is 9.15. The van der Waals surface area contributed by atoms with Crippen LogP contribution in [0.4, 0.5) is 0 Å². The number of rotatable bonds is 12. The van der Waals surface area contributed by atoms with E-state index in [2.05, 4.69) is 23.9 Å². The molecule has 7 nitrogen and oxygen atoms in total. The van der Waals surface area contributed by atoms with Gasteiger partial charge in [-0.2, -0.15) is 0 Å². The van der Waals surface area contributed by atoms with Crippen molar-refractivity contribution >= 4 is 31.2 Å². The average Bonchev–Trinajstić information content (AvgIpc) is 3.13. The molecule has 0 bridgehead atoms. The number of nitrogens with one attached hydrogen (secondary N) is 2. The van der Waals surface area contributed by atoms with Gasteiger partial charge in [-0.25, -0.2) is 21.6 Å². The minimum absolute atomic E-state index is 0.0496. The van der Waals surface area contributed by atoms with Gasteiger partial charge in [-0.15, -0.1) is 11.3 Å². The standard InChI is InChI=1S/C21H38N2O5S3/c1-7-15(3)9-12-28-21(5,6)10-11-23-31(26,27)19-14-17-18(22-8-2)13-16(4)30(24,25)20(17)29-19/h14-16,18,22-23H,7-13H2,1-6H3. The van der Waals surface area contributed by atoms with Crippen molar-refractivity contribution in [2.75, 3.05) is 19.7 Å². The van der Waals surface area contributed by atoms with Gasteiger partial charge in [0.05, 0.1) is 10.9 Å². The molecule has 1 aliphatic heterocycles. The molecule has 0 aromatic carbocycles. The third-order valence-electron chi connectivity index (χ3n) is 5.97. The molecule has 0 spiro atoms. The molecule has 31 heavy (non-hydrogen) atoms. The predicted octanol–water partition coefficient (Wildman–Crippen LogP) is 3.86. The SMILES string of the molecule is CCNC1CC(C)S(=O)(=O)c2sc(S(=O)(=O)NCCC(C)(C)OCCC(C)CC)cc21. The largest absolute Gasteiger partial charge is 0.376 e. The lowest BCUT2D eigenvalue weighted by Gasteiger charge is -2.27. The van der Waals surface area contributed by atoms with Crippen LogP contribution in [0.5, 0.6) is 0 Å². The van der Waals surface area contributed by atoms with Crippen LogP contribution >= 0.6 is 11.3 Å². The normalized spacial score (nSPS) is 22.3. The maximum Gasteiger partial charge on any atom is 0.250 e. The van der Waals surface area contributed by atoms with E-state index in [-0.39, 0.29) is 21.0 Å². The van der Waals surface area contributed by atoms with E-state index in [4.69, 9.17) is 4.74 Å². The molecular formula is C21H38N2O5S3. The van der Waals surface area contributed by atoms with Crippen LogP contribution in [0.2, 0.25) is 0 Å². The topological polar surface area (TPSA) is 102 Å². The molecule has 1 aliphatic rings. The predicted molar refractivity (Wildman–Crippen MR) is 126 cm³/mol. The highest BCUT2D eigenvalue weighted by molar-refractivity contribution is 7.95. The van der Waals surface area contributed by atoms with Gasteiger partial charge in [-0.1, -0.05) is 27.2 Å². The molecule has 2 heterocycles. The van der Waals surface area contributed by atoms with Crippen LogP contribution in [0.15, 0.2) is 14.5 Å². The molecule has 3 atom stereocenters. The number of sulfonamides is 1. The lowest BCUT2D eigenvalue weighted by molar-refractivity contribution is -0.0272. The summed E-state index contributed by atoms with van der Waals surface area (Å²) in [6, 6.07) is 1.36. The van der Waals surface area contributed by atoms with Gasteiger partial charge in [-0.3, -0.25) is 0 Å². The van der Waals surface area contributed by atoms with Crippen molar-refractivity contribution in [3.05, 3.63) is 11.6 Å². The van der Waals surface area contributed by atoms with Crippen LogP contribution < -0.4 is 10.0 Å². The number of ether oxygens (including phenoxy) is 1. The quantitative estimate of drug-likeness (QED) is 0.457. The fourth-order valence-electron chi connectivity index (χ4n) is 3.54. The Morgan fingerprint density at radius 1 is 1.32 bits per heavy atom. The zero-order valence-electron chi connectivity index (χ0n) is 19.5. The summed E-state index contributed by atoms with van der Waals surface area (Å²) in [7, 11) is -7.31. The molecule has 0 saturated heterocycles. The van der Waals surface area contributed by atoms with Crippen molar-refractivity contribution in [2.24, 2.45) is 5.92 Å². The number of hydrogen-bond donors (Lipinski definition) is 2. The maximum atomic E-state index is 12.9. The Balaban J connectivity index is 2.07. The van der Waals surface area contributed by atoms with Gasteiger partial charge in [0, 0.05) is 24.8 Å². The van der Waals surface area contributed by atoms with Gasteiger partial charge in [0.15, 0.2) is 9.84 Å². The summed E-state index contributed by atoms with van der Waals surface area (Å²) in [5, 5.41) is 2.74. The molecule has 180 valence electrons. The molecule has 0 amide bonds.